The Bertz CT molecular complexity index is 732. The molecule has 0 aliphatic carbocycles. The van der Waals surface area contributed by atoms with Crippen molar-refractivity contribution in [2.45, 2.75) is 6.92 Å². The second kappa shape index (κ2) is 4.88. The first kappa shape index (κ1) is 12.0. The second-order valence-electron chi connectivity index (χ2n) is 3.98. The number of aromatic amines is 1. The fraction of sp³-hybridized carbons (Fsp3) is 0.0909. The summed E-state index contributed by atoms with van der Waals surface area (Å²) in [5.74, 6) is 0.436. The van der Waals surface area contributed by atoms with Gasteiger partial charge in [0.1, 0.15) is 6.33 Å². The Morgan fingerprint density at radius 2 is 2.30 bits per heavy atom. The van der Waals surface area contributed by atoms with E-state index < -0.39 is 0 Å². The van der Waals surface area contributed by atoms with Crippen molar-refractivity contribution in [1.29, 1.82) is 0 Å². The summed E-state index contributed by atoms with van der Waals surface area (Å²) < 4.78 is 1.57. The zero-order valence-electron chi connectivity index (χ0n) is 10.5. The number of rotatable bonds is 3. The molecule has 0 fully saturated rings. The molecule has 0 bridgehead atoms. The summed E-state index contributed by atoms with van der Waals surface area (Å²) >= 11 is 0. The summed E-state index contributed by atoms with van der Waals surface area (Å²) in [6.07, 6.45) is 1.27. The number of amides is 1. The van der Waals surface area contributed by atoms with Crippen molar-refractivity contribution in [2.24, 2.45) is 0 Å². The number of carbonyl (C=O) groups excluding carboxylic acids is 1. The lowest BCUT2D eigenvalue weighted by Gasteiger charge is -2.06. The van der Waals surface area contributed by atoms with E-state index in [1.807, 2.05) is 6.07 Å². The molecule has 0 atom stereocenters. The van der Waals surface area contributed by atoms with Crippen LogP contribution in [0.3, 0.4) is 0 Å². The normalized spacial score (nSPS) is 10.4. The van der Waals surface area contributed by atoms with E-state index in [1.54, 1.807) is 29.8 Å². The van der Waals surface area contributed by atoms with Crippen molar-refractivity contribution in [3.05, 3.63) is 42.2 Å². The largest absolute Gasteiger partial charge is 0.319 e. The topological polar surface area (TPSA) is 114 Å². The Morgan fingerprint density at radius 3 is 3.00 bits per heavy atom. The first-order valence-electron chi connectivity index (χ1n) is 5.76. The van der Waals surface area contributed by atoms with E-state index in [9.17, 15) is 4.79 Å². The summed E-state index contributed by atoms with van der Waals surface area (Å²) in [5, 5.41) is 20.1. The van der Waals surface area contributed by atoms with Crippen molar-refractivity contribution in [1.82, 2.24) is 35.4 Å². The van der Waals surface area contributed by atoms with Gasteiger partial charge in [-0.2, -0.15) is 9.78 Å². The van der Waals surface area contributed by atoms with Crippen LogP contribution in [0.15, 0.2) is 30.6 Å². The van der Waals surface area contributed by atoms with Crippen LogP contribution in [-0.4, -0.2) is 41.3 Å². The van der Waals surface area contributed by atoms with E-state index in [0.717, 1.165) is 5.69 Å². The summed E-state index contributed by atoms with van der Waals surface area (Å²) in [7, 11) is 0. The lowest BCUT2D eigenvalue weighted by Crippen LogP contribution is -2.14. The number of carbonyl (C=O) groups is 1. The molecule has 100 valence electrons. The third-order valence-electron chi connectivity index (χ3n) is 2.60. The lowest BCUT2D eigenvalue weighted by atomic mass is 10.2. The Hall–Kier alpha value is -3.10. The van der Waals surface area contributed by atoms with Crippen molar-refractivity contribution in [2.75, 3.05) is 5.32 Å². The molecule has 20 heavy (non-hydrogen) atoms. The van der Waals surface area contributed by atoms with Crippen molar-refractivity contribution < 1.29 is 4.79 Å². The molecule has 2 N–H and O–H groups in total. The number of aromatic nitrogens is 7. The fourth-order valence-corrected chi connectivity index (χ4v) is 1.69. The van der Waals surface area contributed by atoms with Crippen LogP contribution in [0.1, 0.15) is 16.4 Å². The number of hydrogen-bond acceptors (Lipinski definition) is 6. The maximum atomic E-state index is 11.8. The van der Waals surface area contributed by atoms with Gasteiger partial charge in [-0.3, -0.25) is 9.89 Å². The van der Waals surface area contributed by atoms with E-state index in [0.29, 0.717) is 11.5 Å². The predicted molar refractivity (Wildman–Crippen MR) is 68.2 cm³/mol. The van der Waals surface area contributed by atoms with Crippen LogP contribution < -0.4 is 5.32 Å². The Balaban J connectivity index is 1.85. The van der Waals surface area contributed by atoms with Gasteiger partial charge in [0.2, 0.25) is 5.82 Å². The third-order valence-corrected chi connectivity index (χ3v) is 2.60. The molecule has 2 aromatic heterocycles. The molecule has 3 rings (SSSR count). The van der Waals surface area contributed by atoms with E-state index in [-0.39, 0.29) is 11.7 Å². The summed E-state index contributed by atoms with van der Waals surface area (Å²) in [6, 6.07) is 7.16. The number of tetrazole rings is 1. The van der Waals surface area contributed by atoms with Gasteiger partial charge in [0.05, 0.1) is 5.69 Å². The van der Waals surface area contributed by atoms with Crippen LogP contribution >= 0.6 is 0 Å². The molecule has 3 aromatic rings. The molecule has 9 nitrogen and oxygen atoms in total. The smallest absolute Gasteiger partial charge is 0.292 e. The Morgan fingerprint density at radius 1 is 1.40 bits per heavy atom. The minimum Gasteiger partial charge on any atom is -0.319 e. The average Bonchev–Trinajstić information content (AvgIpc) is 3.10. The highest BCUT2D eigenvalue weighted by Gasteiger charge is 2.10. The predicted octanol–water partition coefficient (Wildman–Crippen LogP) is 0.341. The molecule has 0 aliphatic heterocycles. The number of anilines is 1. The van der Waals surface area contributed by atoms with Crippen molar-refractivity contribution >= 4 is 11.6 Å². The Labute approximate surface area is 113 Å². The van der Waals surface area contributed by atoms with Crippen molar-refractivity contribution in [3.8, 4) is 5.69 Å². The summed E-state index contributed by atoms with van der Waals surface area (Å²) in [6.45, 7) is 1.79. The monoisotopic (exact) mass is 270 g/mol. The van der Waals surface area contributed by atoms with Crippen LogP contribution in [-0.2, 0) is 0 Å². The SMILES string of the molecule is Cc1nnnn1-c1cccc(NC(=O)c2ncn[nH]2)c1. The maximum Gasteiger partial charge on any atom is 0.292 e. The number of benzene rings is 1. The molecule has 1 aromatic carbocycles. The fourth-order valence-electron chi connectivity index (χ4n) is 1.69. The molecule has 0 saturated heterocycles. The highest BCUT2D eigenvalue weighted by molar-refractivity contribution is 6.01. The average molecular weight is 270 g/mol. The molecule has 2 heterocycles. The van der Waals surface area contributed by atoms with Crippen molar-refractivity contribution in [3.63, 3.8) is 0 Å². The molecular formula is C11H10N8O. The van der Waals surface area contributed by atoms with Gasteiger partial charge in [-0.25, -0.2) is 4.98 Å². The van der Waals surface area contributed by atoms with Crippen LogP contribution in [0.2, 0.25) is 0 Å². The molecular weight excluding hydrogens is 260 g/mol. The minimum atomic E-state index is -0.368. The van der Waals surface area contributed by atoms with Crippen LogP contribution in [0.25, 0.3) is 5.69 Å². The maximum absolute atomic E-state index is 11.8. The third kappa shape index (κ3) is 2.23. The highest BCUT2D eigenvalue weighted by atomic mass is 16.2. The Kier molecular flexibility index (Phi) is 2.92. The molecule has 0 radical (unpaired) electrons. The van der Waals surface area contributed by atoms with E-state index in [2.05, 4.69) is 36.0 Å². The van der Waals surface area contributed by atoms with Gasteiger partial charge in [-0.15, -0.1) is 5.10 Å². The highest BCUT2D eigenvalue weighted by Crippen LogP contribution is 2.15. The first-order valence-corrected chi connectivity index (χ1v) is 5.76. The number of hydrogen-bond donors (Lipinski definition) is 2. The summed E-state index contributed by atoms with van der Waals surface area (Å²) in [4.78, 5) is 15.6. The number of nitrogens with zero attached hydrogens (tertiary/aromatic N) is 6. The molecule has 0 spiro atoms. The lowest BCUT2D eigenvalue weighted by molar-refractivity contribution is 0.101. The molecule has 0 aliphatic rings. The van der Waals surface area contributed by atoms with Gasteiger partial charge in [0, 0.05) is 5.69 Å². The van der Waals surface area contributed by atoms with E-state index >= 15 is 0 Å². The molecule has 0 saturated carbocycles. The van der Waals surface area contributed by atoms with E-state index in [1.165, 1.54) is 6.33 Å². The molecule has 0 unspecified atom stereocenters. The first-order chi connectivity index (χ1) is 9.74. The molecule has 1 amide bonds. The quantitative estimate of drug-likeness (QED) is 0.709. The zero-order chi connectivity index (χ0) is 13.9. The second-order valence-corrected chi connectivity index (χ2v) is 3.98. The van der Waals surface area contributed by atoms with Crippen LogP contribution in [0, 0.1) is 6.92 Å². The van der Waals surface area contributed by atoms with E-state index in [4.69, 9.17) is 0 Å². The zero-order valence-corrected chi connectivity index (χ0v) is 10.5. The van der Waals surface area contributed by atoms with Gasteiger partial charge >= 0.3 is 0 Å². The van der Waals surface area contributed by atoms with Gasteiger partial charge in [0.25, 0.3) is 5.91 Å². The number of H-pyrrole nitrogens is 1. The van der Waals surface area contributed by atoms with Crippen LogP contribution in [0.4, 0.5) is 5.69 Å². The molecule has 9 heteroatoms. The van der Waals surface area contributed by atoms with Crippen LogP contribution in [0.5, 0.6) is 0 Å². The standard InChI is InChI=1S/C11H10N8O/c1-7-15-17-18-19(7)9-4-2-3-8(5-9)14-11(20)10-12-6-13-16-10/h2-6H,1H3,(H,14,20)(H,12,13,16). The van der Waals surface area contributed by atoms with Gasteiger partial charge in [-0.05, 0) is 35.5 Å². The summed E-state index contributed by atoms with van der Waals surface area (Å²) in [5.41, 5.74) is 1.36. The number of aryl methyl sites for hydroxylation is 1. The van der Waals surface area contributed by atoms with Gasteiger partial charge in [0.15, 0.2) is 5.82 Å². The minimum absolute atomic E-state index is 0.147. The number of nitrogens with one attached hydrogen (secondary N) is 2. The van der Waals surface area contributed by atoms with Gasteiger partial charge in [-0.1, -0.05) is 6.07 Å². The van der Waals surface area contributed by atoms with Gasteiger partial charge < -0.3 is 5.32 Å².